The monoisotopic (exact) mass is 146 g/mol. The number of hydrogen-bond donors (Lipinski definition) is 0. The van der Waals surface area contributed by atoms with Gasteiger partial charge in [-0.15, -0.1) is 0 Å². The van der Waals surface area contributed by atoms with Crippen molar-refractivity contribution in [1.82, 2.24) is 9.97 Å². The van der Waals surface area contributed by atoms with Crippen LogP contribution >= 0.6 is 0 Å². The fourth-order valence-corrected chi connectivity index (χ4v) is 0.352. The predicted octanol–water partition coefficient (Wildman–Crippen LogP) is -3.06. The molecule has 0 saturated carbocycles. The van der Waals surface area contributed by atoms with Crippen molar-refractivity contribution in [3.05, 3.63) is 24.3 Å². The molecular weight excluding hydrogens is 143 g/mol. The molecule has 0 bridgehead atoms. The molecular formula is C5H3KN2O. The number of nitrogens with zero attached hydrogens (tertiary/aromatic N) is 2. The van der Waals surface area contributed by atoms with Gasteiger partial charge < -0.3 is 4.79 Å². The Labute approximate surface area is 95.3 Å². The molecule has 0 aromatic carbocycles. The van der Waals surface area contributed by atoms with Crippen LogP contribution in [-0.4, -0.2) is 16.3 Å². The van der Waals surface area contributed by atoms with Crippen LogP contribution in [0.1, 0.15) is 5.82 Å². The second-order valence-electron chi connectivity index (χ2n) is 1.17. The molecule has 0 amide bonds. The van der Waals surface area contributed by atoms with E-state index in [-0.39, 0.29) is 57.2 Å². The van der Waals surface area contributed by atoms with E-state index in [1.807, 2.05) is 0 Å². The summed E-state index contributed by atoms with van der Waals surface area (Å²) in [5, 5.41) is 0. The maximum absolute atomic E-state index is 9.76. The third-order valence-corrected chi connectivity index (χ3v) is 0.657. The summed E-state index contributed by atoms with van der Waals surface area (Å²) in [7, 11) is 0. The summed E-state index contributed by atoms with van der Waals surface area (Å²) < 4.78 is 0. The van der Waals surface area contributed by atoms with E-state index in [1.54, 1.807) is 12.4 Å². The summed E-state index contributed by atoms with van der Waals surface area (Å²) >= 11 is 0. The molecule has 3 nitrogen and oxygen atoms in total. The van der Waals surface area contributed by atoms with Crippen molar-refractivity contribution in [1.29, 1.82) is 0 Å². The minimum absolute atomic E-state index is 0. The van der Waals surface area contributed by atoms with Crippen LogP contribution in [0.2, 0.25) is 0 Å². The van der Waals surface area contributed by atoms with Crippen molar-refractivity contribution in [2.24, 2.45) is 0 Å². The van der Waals surface area contributed by atoms with Crippen molar-refractivity contribution in [2.75, 3.05) is 0 Å². The van der Waals surface area contributed by atoms with Crippen molar-refractivity contribution < 1.29 is 56.2 Å². The zero-order valence-electron chi connectivity index (χ0n) is 5.03. The van der Waals surface area contributed by atoms with Gasteiger partial charge in [0.1, 0.15) is 0 Å². The molecule has 0 aliphatic carbocycles. The Hall–Kier alpha value is 0.386. The maximum atomic E-state index is 9.76. The van der Waals surface area contributed by atoms with Crippen molar-refractivity contribution in [3.63, 3.8) is 0 Å². The largest absolute Gasteiger partial charge is 1.00 e. The Kier molecular flexibility index (Phi) is 5.42. The van der Waals surface area contributed by atoms with Crippen molar-refractivity contribution in [3.8, 4) is 0 Å². The molecule has 0 aliphatic rings. The molecule has 0 N–H and O–H groups in total. The van der Waals surface area contributed by atoms with Crippen molar-refractivity contribution >= 4 is 6.29 Å². The smallest absolute Gasteiger partial charge is 0.534 e. The predicted molar refractivity (Wildman–Crippen MR) is 26.8 cm³/mol. The first kappa shape index (κ1) is 9.39. The van der Waals surface area contributed by atoms with E-state index in [1.165, 1.54) is 12.4 Å². The molecule has 1 heterocycles. The average molecular weight is 146 g/mol. The number of aromatic nitrogens is 2. The molecule has 0 atom stereocenters. The Bertz CT molecular complexity index is 178. The summed E-state index contributed by atoms with van der Waals surface area (Å²) in [6, 6.07) is 1.64. The summed E-state index contributed by atoms with van der Waals surface area (Å²) in [4.78, 5) is 16.9. The molecule has 0 saturated heterocycles. The number of carbonyl (C=O) groups excluding carboxylic acids is 1. The molecule has 9 heavy (non-hydrogen) atoms. The number of hydrogen-bond acceptors (Lipinski definition) is 3. The number of rotatable bonds is 1. The topological polar surface area (TPSA) is 42.9 Å². The van der Waals surface area contributed by atoms with E-state index in [0.717, 1.165) is 0 Å². The van der Waals surface area contributed by atoms with Gasteiger partial charge in [-0.3, -0.25) is 9.97 Å². The molecule has 0 radical (unpaired) electrons. The second kappa shape index (κ2) is 5.19. The normalized spacial score (nSPS) is 7.56. The van der Waals surface area contributed by atoms with Crippen LogP contribution in [0, 0.1) is 0 Å². The van der Waals surface area contributed by atoms with Gasteiger partial charge in [0, 0.05) is 18.2 Å². The molecule has 1 rings (SSSR count). The third-order valence-electron chi connectivity index (χ3n) is 0.657. The first-order valence-corrected chi connectivity index (χ1v) is 2.08. The van der Waals surface area contributed by atoms with Crippen LogP contribution in [0.3, 0.4) is 0 Å². The SMILES string of the molecule is O=[C-]c1ncccn1.[K+]. The first-order valence-electron chi connectivity index (χ1n) is 2.08. The van der Waals surface area contributed by atoms with Gasteiger partial charge in [0.25, 0.3) is 0 Å². The molecule has 40 valence electrons. The van der Waals surface area contributed by atoms with Crippen LogP contribution < -0.4 is 51.4 Å². The molecule has 0 aliphatic heterocycles. The molecule has 4 heteroatoms. The quantitative estimate of drug-likeness (QED) is 0.312. The van der Waals surface area contributed by atoms with E-state index in [4.69, 9.17) is 0 Å². The Morgan fingerprint density at radius 3 is 2.22 bits per heavy atom. The Morgan fingerprint density at radius 2 is 1.89 bits per heavy atom. The average Bonchev–Trinajstić information content (AvgIpc) is 1.90. The van der Waals surface area contributed by atoms with Gasteiger partial charge in [0.2, 0.25) is 0 Å². The molecule has 0 unspecified atom stereocenters. The maximum Gasteiger partial charge on any atom is 1.00 e. The summed E-state index contributed by atoms with van der Waals surface area (Å²) in [6.45, 7) is 0. The molecule has 0 spiro atoms. The summed E-state index contributed by atoms with van der Waals surface area (Å²) in [6.07, 6.45) is 4.54. The molecule has 1 aromatic heterocycles. The minimum atomic E-state index is 0. The summed E-state index contributed by atoms with van der Waals surface area (Å²) in [5.41, 5.74) is 0. The zero-order valence-corrected chi connectivity index (χ0v) is 8.16. The van der Waals surface area contributed by atoms with Gasteiger partial charge >= 0.3 is 51.4 Å². The van der Waals surface area contributed by atoms with Crippen molar-refractivity contribution in [2.45, 2.75) is 0 Å². The summed E-state index contributed by atoms with van der Waals surface area (Å²) in [5.74, 6) is 0.104. The van der Waals surface area contributed by atoms with E-state index in [2.05, 4.69) is 9.97 Å². The van der Waals surface area contributed by atoms with E-state index < -0.39 is 0 Å². The minimum Gasteiger partial charge on any atom is -0.534 e. The second-order valence-corrected chi connectivity index (χ2v) is 1.17. The van der Waals surface area contributed by atoms with Gasteiger partial charge in [-0.2, -0.15) is 6.29 Å². The van der Waals surface area contributed by atoms with Gasteiger partial charge in [-0.1, -0.05) is 0 Å². The van der Waals surface area contributed by atoms with Crippen LogP contribution in [0.25, 0.3) is 0 Å². The van der Waals surface area contributed by atoms with Crippen LogP contribution in [0.5, 0.6) is 0 Å². The molecule has 0 fully saturated rings. The van der Waals surface area contributed by atoms with Gasteiger partial charge in [0.15, 0.2) is 0 Å². The van der Waals surface area contributed by atoms with Gasteiger partial charge in [0.05, 0.1) is 0 Å². The molecule has 1 aromatic rings. The van der Waals surface area contributed by atoms with E-state index in [0.29, 0.717) is 0 Å². The van der Waals surface area contributed by atoms with E-state index >= 15 is 0 Å². The van der Waals surface area contributed by atoms with Gasteiger partial charge in [-0.05, 0) is 6.07 Å². The van der Waals surface area contributed by atoms with E-state index in [9.17, 15) is 4.79 Å². The third kappa shape index (κ3) is 3.17. The zero-order chi connectivity index (χ0) is 5.82. The van der Waals surface area contributed by atoms with Crippen LogP contribution in [0.4, 0.5) is 0 Å². The van der Waals surface area contributed by atoms with Crippen LogP contribution in [-0.2, 0) is 4.79 Å². The fraction of sp³-hybridized carbons (Fsp3) is 0. The fourth-order valence-electron chi connectivity index (χ4n) is 0.352. The standard InChI is InChI=1S/C5H3N2O.K/c8-4-5-6-2-1-3-7-5;/h1-3H;/q-1;+1. The Morgan fingerprint density at radius 1 is 1.33 bits per heavy atom. The Balaban J connectivity index is 0.000000640. The van der Waals surface area contributed by atoms with Crippen LogP contribution in [0.15, 0.2) is 18.5 Å². The first-order chi connectivity index (χ1) is 3.93. The van der Waals surface area contributed by atoms with Gasteiger partial charge in [-0.25, -0.2) is 0 Å².